The van der Waals surface area contributed by atoms with Crippen molar-refractivity contribution >= 4 is 29.9 Å². The van der Waals surface area contributed by atoms with Crippen LogP contribution in [-0.4, -0.2) is 35.4 Å². The first-order valence-electron chi connectivity index (χ1n) is 8.13. The number of hydrogen-bond donors (Lipinski definition) is 2. The molecule has 1 fully saturated rings. The van der Waals surface area contributed by atoms with Gasteiger partial charge in [0, 0.05) is 23.0 Å². The lowest BCUT2D eigenvalue weighted by atomic mass is 9.87. The lowest BCUT2D eigenvalue weighted by Gasteiger charge is -2.37. The zero-order valence-corrected chi connectivity index (χ0v) is 15.1. The van der Waals surface area contributed by atoms with Crippen molar-refractivity contribution in [1.29, 1.82) is 0 Å². The molecule has 25 heavy (non-hydrogen) atoms. The fraction of sp³-hybridized carbons (Fsp3) is 0.412. The summed E-state index contributed by atoms with van der Waals surface area (Å²) in [6.45, 7) is 2.00. The normalized spacial score (nSPS) is 20.9. The minimum absolute atomic E-state index is 0. The second-order valence-electron chi connectivity index (χ2n) is 6.25. The minimum Gasteiger partial charge on any atom is -0.491 e. The molecular weight excluding hydrogens is 363 g/mol. The zero-order chi connectivity index (χ0) is 16.6. The molecule has 1 amide bonds. The summed E-state index contributed by atoms with van der Waals surface area (Å²) in [5.41, 5.74) is 0.274. The van der Waals surface area contributed by atoms with Crippen LogP contribution in [-0.2, 0) is 10.3 Å². The number of fused-ring (bicyclic) bond motifs is 1. The van der Waals surface area contributed by atoms with E-state index in [2.05, 4.69) is 15.7 Å². The van der Waals surface area contributed by atoms with Gasteiger partial charge >= 0.3 is 0 Å². The number of aromatic nitrogens is 2. The van der Waals surface area contributed by atoms with Crippen LogP contribution in [0.3, 0.4) is 0 Å². The molecule has 2 N–H and O–H groups in total. The van der Waals surface area contributed by atoms with Crippen LogP contribution in [0, 0.1) is 0 Å². The average Bonchev–Trinajstić information content (AvgIpc) is 3.26. The van der Waals surface area contributed by atoms with Gasteiger partial charge in [0.15, 0.2) is 0 Å². The predicted molar refractivity (Wildman–Crippen MR) is 97.4 cm³/mol. The number of piperidine rings is 1. The molecule has 0 aliphatic carbocycles. The highest BCUT2D eigenvalue weighted by Crippen LogP contribution is 2.35. The molecule has 1 aromatic heterocycles. The van der Waals surface area contributed by atoms with Crippen LogP contribution in [0.4, 0.5) is 0 Å². The molecule has 1 aromatic carbocycles. The Kier molecular flexibility index (Phi) is 5.22. The first kappa shape index (κ1) is 18.0. The van der Waals surface area contributed by atoms with Crippen molar-refractivity contribution in [3.63, 3.8) is 0 Å². The van der Waals surface area contributed by atoms with E-state index in [9.17, 15) is 4.79 Å². The van der Waals surface area contributed by atoms with E-state index < -0.39 is 5.54 Å². The van der Waals surface area contributed by atoms with Crippen molar-refractivity contribution in [3.8, 4) is 5.75 Å². The van der Waals surface area contributed by atoms with Crippen LogP contribution >= 0.6 is 24.0 Å². The summed E-state index contributed by atoms with van der Waals surface area (Å²) < 4.78 is 7.46. The number of halogens is 2. The highest BCUT2D eigenvalue weighted by atomic mass is 35.5. The zero-order valence-electron chi connectivity index (χ0n) is 13.6. The number of rotatable bonds is 3. The van der Waals surface area contributed by atoms with Crippen LogP contribution in [0.25, 0.3) is 0 Å². The third-order valence-corrected chi connectivity index (χ3v) is 5.09. The molecule has 3 heterocycles. The third-order valence-electron chi connectivity index (χ3n) is 4.85. The SMILES string of the molecule is Cl.O=C(NC1COc2ccc(Cl)cc21)C1(n2cccn2)CCNCC1. The van der Waals surface area contributed by atoms with Gasteiger partial charge in [0.25, 0.3) is 0 Å². The molecular formula is C17H20Cl2N4O2. The molecule has 0 radical (unpaired) electrons. The van der Waals surface area contributed by atoms with Crippen molar-refractivity contribution in [2.45, 2.75) is 24.4 Å². The quantitative estimate of drug-likeness (QED) is 0.854. The summed E-state index contributed by atoms with van der Waals surface area (Å²) in [5, 5.41) is 11.4. The minimum atomic E-state index is -0.657. The fourth-order valence-electron chi connectivity index (χ4n) is 3.52. The number of nitrogens with zero attached hydrogens (tertiary/aromatic N) is 2. The predicted octanol–water partition coefficient (Wildman–Crippen LogP) is 2.29. The summed E-state index contributed by atoms with van der Waals surface area (Å²) in [7, 11) is 0. The maximum Gasteiger partial charge on any atom is 0.248 e. The maximum absolute atomic E-state index is 13.2. The van der Waals surface area contributed by atoms with Gasteiger partial charge in [-0.2, -0.15) is 5.10 Å². The molecule has 134 valence electrons. The van der Waals surface area contributed by atoms with Crippen molar-refractivity contribution in [2.24, 2.45) is 0 Å². The molecule has 0 bridgehead atoms. The topological polar surface area (TPSA) is 68.2 Å². The Morgan fingerprint density at radius 3 is 2.92 bits per heavy atom. The Bertz CT molecular complexity index is 745. The monoisotopic (exact) mass is 382 g/mol. The highest BCUT2D eigenvalue weighted by Gasteiger charge is 2.43. The average molecular weight is 383 g/mol. The van der Waals surface area contributed by atoms with E-state index >= 15 is 0 Å². The molecule has 8 heteroatoms. The summed E-state index contributed by atoms with van der Waals surface area (Å²) >= 11 is 6.09. The summed E-state index contributed by atoms with van der Waals surface area (Å²) in [6.07, 6.45) is 4.98. The molecule has 0 saturated carbocycles. The van der Waals surface area contributed by atoms with Gasteiger partial charge in [-0.3, -0.25) is 9.48 Å². The van der Waals surface area contributed by atoms with Crippen molar-refractivity contribution < 1.29 is 9.53 Å². The van der Waals surface area contributed by atoms with Crippen molar-refractivity contribution in [3.05, 3.63) is 47.2 Å². The molecule has 1 unspecified atom stereocenters. The Balaban J connectivity index is 0.00000182. The van der Waals surface area contributed by atoms with Gasteiger partial charge in [-0.15, -0.1) is 12.4 Å². The lowest BCUT2D eigenvalue weighted by molar-refractivity contribution is -0.132. The van der Waals surface area contributed by atoms with Crippen molar-refractivity contribution in [1.82, 2.24) is 20.4 Å². The van der Waals surface area contributed by atoms with Gasteiger partial charge in [-0.05, 0) is 50.2 Å². The number of nitrogens with one attached hydrogen (secondary N) is 2. The number of hydrogen-bond acceptors (Lipinski definition) is 4. The summed E-state index contributed by atoms with van der Waals surface area (Å²) in [4.78, 5) is 13.2. The first-order valence-corrected chi connectivity index (χ1v) is 8.51. The van der Waals surface area contributed by atoms with Gasteiger partial charge in [-0.1, -0.05) is 11.6 Å². The number of ether oxygens (including phenoxy) is 1. The van der Waals surface area contributed by atoms with E-state index in [1.807, 2.05) is 24.4 Å². The van der Waals surface area contributed by atoms with Crippen LogP contribution in [0.15, 0.2) is 36.7 Å². The number of carbonyl (C=O) groups excluding carboxylic acids is 1. The molecule has 2 aromatic rings. The van der Waals surface area contributed by atoms with Gasteiger partial charge in [0.1, 0.15) is 17.9 Å². The highest BCUT2D eigenvalue weighted by molar-refractivity contribution is 6.30. The summed E-state index contributed by atoms with van der Waals surface area (Å²) in [5.74, 6) is 0.761. The molecule has 0 spiro atoms. The van der Waals surface area contributed by atoms with Gasteiger partial charge in [0.05, 0.1) is 6.04 Å². The van der Waals surface area contributed by atoms with Crippen molar-refractivity contribution in [2.75, 3.05) is 19.7 Å². The Labute approximate surface area is 157 Å². The van der Waals surface area contributed by atoms with E-state index in [-0.39, 0.29) is 24.4 Å². The van der Waals surface area contributed by atoms with E-state index in [0.717, 1.165) is 24.4 Å². The largest absolute Gasteiger partial charge is 0.491 e. The van der Waals surface area contributed by atoms with E-state index in [1.165, 1.54) is 0 Å². The third kappa shape index (κ3) is 3.21. The molecule has 4 rings (SSSR count). The van der Waals surface area contributed by atoms with E-state index in [4.69, 9.17) is 16.3 Å². The molecule has 1 saturated heterocycles. The van der Waals surface area contributed by atoms with Gasteiger partial charge in [0.2, 0.25) is 5.91 Å². The maximum atomic E-state index is 13.2. The first-order chi connectivity index (χ1) is 11.7. The molecule has 1 atom stereocenters. The summed E-state index contributed by atoms with van der Waals surface area (Å²) in [6, 6.07) is 7.16. The van der Waals surface area contributed by atoms with Gasteiger partial charge < -0.3 is 15.4 Å². The van der Waals surface area contributed by atoms with Crippen LogP contribution in [0.1, 0.15) is 24.4 Å². The lowest BCUT2D eigenvalue weighted by Crippen LogP contribution is -2.55. The van der Waals surface area contributed by atoms with Gasteiger partial charge in [-0.25, -0.2) is 0 Å². The van der Waals surface area contributed by atoms with E-state index in [0.29, 0.717) is 24.5 Å². The standard InChI is InChI=1S/C17H19ClN4O2.ClH/c18-12-2-3-15-13(10-12)14(11-24-15)21-16(23)17(4-7-19-8-5-17)22-9-1-6-20-22;/h1-3,6,9-10,14,19H,4-5,7-8,11H2,(H,21,23);1H. The number of benzene rings is 1. The number of carbonyl (C=O) groups is 1. The second-order valence-corrected chi connectivity index (χ2v) is 6.69. The fourth-order valence-corrected chi connectivity index (χ4v) is 3.70. The molecule has 2 aliphatic rings. The van der Waals surface area contributed by atoms with Crippen LogP contribution in [0.2, 0.25) is 5.02 Å². The smallest absolute Gasteiger partial charge is 0.248 e. The Morgan fingerprint density at radius 1 is 1.40 bits per heavy atom. The second kappa shape index (κ2) is 7.23. The van der Waals surface area contributed by atoms with Crippen LogP contribution < -0.4 is 15.4 Å². The van der Waals surface area contributed by atoms with Crippen LogP contribution in [0.5, 0.6) is 5.75 Å². The molecule has 2 aliphatic heterocycles. The Morgan fingerprint density at radius 2 is 2.20 bits per heavy atom. The Hall–Kier alpha value is -1.76. The number of amides is 1. The molecule has 6 nitrogen and oxygen atoms in total. The van der Waals surface area contributed by atoms with E-state index in [1.54, 1.807) is 16.9 Å².